The van der Waals surface area contributed by atoms with Crippen molar-refractivity contribution in [2.24, 2.45) is 0 Å². The first kappa shape index (κ1) is 16.5. The third kappa shape index (κ3) is 4.57. The number of likely N-dealkylation sites (N-methyl/N-ethyl adjacent to an activating group) is 1. The minimum Gasteiger partial charge on any atom is -0.310 e. The molecule has 21 heavy (non-hydrogen) atoms. The van der Waals surface area contributed by atoms with Crippen LogP contribution in [0.1, 0.15) is 36.6 Å². The van der Waals surface area contributed by atoms with E-state index >= 15 is 0 Å². The molecule has 0 aliphatic rings. The number of nitrogens with one attached hydrogen (secondary N) is 1. The SMILES string of the molecule is CCNC(Cc1ccc(CC)cc1)c1cc(Br)ccc1Cl. The van der Waals surface area contributed by atoms with E-state index in [2.05, 4.69) is 65.4 Å². The number of halogens is 2. The average Bonchev–Trinajstić information content (AvgIpc) is 2.50. The summed E-state index contributed by atoms with van der Waals surface area (Å²) in [5.74, 6) is 0. The first-order chi connectivity index (χ1) is 10.1. The molecule has 0 radical (unpaired) electrons. The molecule has 112 valence electrons. The van der Waals surface area contributed by atoms with E-state index in [4.69, 9.17) is 11.6 Å². The van der Waals surface area contributed by atoms with Crippen molar-refractivity contribution in [1.82, 2.24) is 5.32 Å². The van der Waals surface area contributed by atoms with E-state index < -0.39 is 0 Å². The number of aryl methyl sites for hydroxylation is 1. The van der Waals surface area contributed by atoms with Crippen LogP contribution in [0.15, 0.2) is 46.9 Å². The van der Waals surface area contributed by atoms with Crippen molar-refractivity contribution in [2.45, 2.75) is 32.7 Å². The molecule has 2 aromatic rings. The maximum atomic E-state index is 6.38. The molecule has 1 atom stereocenters. The molecule has 0 aromatic heterocycles. The molecule has 2 aromatic carbocycles. The largest absolute Gasteiger partial charge is 0.310 e. The predicted octanol–water partition coefficient (Wildman–Crippen LogP) is 5.56. The van der Waals surface area contributed by atoms with Crippen LogP contribution in [0.25, 0.3) is 0 Å². The lowest BCUT2D eigenvalue weighted by atomic mass is 9.97. The van der Waals surface area contributed by atoms with Crippen LogP contribution in [0.3, 0.4) is 0 Å². The highest BCUT2D eigenvalue weighted by atomic mass is 79.9. The summed E-state index contributed by atoms with van der Waals surface area (Å²) in [6.07, 6.45) is 2.02. The molecular weight excluding hydrogens is 346 g/mol. The number of hydrogen-bond acceptors (Lipinski definition) is 1. The molecule has 0 aliphatic heterocycles. The van der Waals surface area contributed by atoms with Crippen LogP contribution in [0.2, 0.25) is 5.02 Å². The van der Waals surface area contributed by atoms with Crippen molar-refractivity contribution in [3.63, 3.8) is 0 Å². The normalized spacial score (nSPS) is 12.4. The lowest BCUT2D eigenvalue weighted by Gasteiger charge is -2.20. The molecule has 0 aliphatic carbocycles. The Labute approximate surface area is 140 Å². The number of rotatable bonds is 6. The molecule has 3 heteroatoms. The summed E-state index contributed by atoms with van der Waals surface area (Å²) in [5.41, 5.74) is 3.85. The summed E-state index contributed by atoms with van der Waals surface area (Å²) in [4.78, 5) is 0. The minimum atomic E-state index is 0.229. The first-order valence-corrected chi connectivity index (χ1v) is 8.57. The molecule has 2 rings (SSSR count). The third-order valence-electron chi connectivity index (χ3n) is 3.66. The molecule has 0 fully saturated rings. The lowest BCUT2D eigenvalue weighted by molar-refractivity contribution is 0.550. The van der Waals surface area contributed by atoms with Gasteiger partial charge in [-0.15, -0.1) is 0 Å². The van der Waals surface area contributed by atoms with Crippen molar-refractivity contribution < 1.29 is 0 Å². The van der Waals surface area contributed by atoms with Gasteiger partial charge in [0.15, 0.2) is 0 Å². The van der Waals surface area contributed by atoms with E-state index in [1.54, 1.807) is 0 Å². The Morgan fingerprint density at radius 2 is 1.71 bits per heavy atom. The maximum Gasteiger partial charge on any atom is 0.0454 e. The third-order valence-corrected chi connectivity index (χ3v) is 4.49. The van der Waals surface area contributed by atoms with Crippen molar-refractivity contribution >= 4 is 27.5 Å². The van der Waals surface area contributed by atoms with Gasteiger partial charge in [0.2, 0.25) is 0 Å². The van der Waals surface area contributed by atoms with Crippen LogP contribution >= 0.6 is 27.5 Å². The lowest BCUT2D eigenvalue weighted by Crippen LogP contribution is -2.23. The summed E-state index contributed by atoms with van der Waals surface area (Å²) in [6, 6.07) is 15.1. The van der Waals surface area contributed by atoms with Gasteiger partial charge in [-0.3, -0.25) is 0 Å². The van der Waals surface area contributed by atoms with Gasteiger partial charge < -0.3 is 5.32 Å². The first-order valence-electron chi connectivity index (χ1n) is 7.40. The van der Waals surface area contributed by atoms with Gasteiger partial charge in [-0.1, -0.05) is 65.6 Å². The van der Waals surface area contributed by atoms with Crippen LogP contribution in [0, 0.1) is 0 Å². The minimum absolute atomic E-state index is 0.229. The van der Waals surface area contributed by atoms with E-state index in [0.717, 1.165) is 34.4 Å². The Kier molecular flexibility index (Phi) is 6.28. The second-order valence-corrected chi connectivity index (χ2v) is 6.47. The molecule has 0 saturated heterocycles. The van der Waals surface area contributed by atoms with Gasteiger partial charge in [-0.05, 0) is 54.3 Å². The van der Waals surface area contributed by atoms with Crippen LogP contribution in [0.5, 0.6) is 0 Å². The Morgan fingerprint density at radius 3 is 2.33 bits per heavy atom. The van der Waals surface area contributed by atoms with Gasteiger partial charge in [-0.2, -0.15) is 0 Å². The summed E-state index contributed by atoms with van der Waals surface area (Å²) in [5, 5.41) is 4.35. The van der Waals surface area contributed by atoms with E-state index in [-0.39, 0.29) is 6.04 Å². The van der Waals surface area contributed by atoms with E-state index in [1.165, 1.54) is 11.1 Å². The van der Waals surface area contributed by atoms with E-state index in [9.17, 15) is 0 Å². The van der Waals surface area contributed by atoms with Crippen molar-refractivity contribution in [2.75, 3.05) is 6.54 Å². The zero-order valence-electron chi connectivity index (χ0n) is 12.5. The van der Waals surface area contributed by atoms with Gasteiger partial charge in [0.1, 0.15) is 0 Å². The van der Waals surface area contributed by atoms with Gasteiger partial charge in [0.25, 0.3) is 0 Å². The average molecular weight is 367 g/mol. The summed E-state index contributed by atoms with van der Waals surface area (Å²) in [7, 11) is 0. The van der Waals surface area contributed by atoms with Gasteiger partial charge in [-0.25, -0.2) is 0 Å². The Morgan fingerprint density at radius 1 is 1.05 bits per heavy atom. The predicted molar refractivity (Wildman–Crippen MR) is 95.1 cm³/mol. The molecule has 1 nitrogen and oxygen atoms in total. The standard InChI is InChI=1S/C18H21BrClN/c1-3-13-5-7-14(8-6-13)11-18(21-4-2)16-12-15(19)9-10-17(16)20/h5-10,12,18,21H,3-4,11H2,1-2H3. The zero-order chi connectivity index (χ0) is 15.2. The Hall–Kier alpha value is -0.830. The maximum absolute atomic E-state index is 6.38. The highest BCUT2D eigenvalue weighted by molar-refractivity contribution is 9.10. The van der Waals surface area contributed by atoms with Crippen LogP contribution in [-0.4, -0.2) is 6.54 Å². The molecule has 1 N–H and O–H groups in total. The van der Waals surface area contributed by atoms with E-state index in [0.29, 0.717) is 0 Å². The smallest absolute Gasteiger partial charge is 0.0454 e. The van der Waals surface area contributed by atoms with E-state index in [1.807, 2.05) is 12.1 Å². The highest BCUT2D eigenvalue weighted by Crippen LogP contribution is 2.29. The molecule has 0 saturated carbocycles. The molecule has 0 bridgehead atoms. The van der Waals surface area contributed by atoms with Crippen LogP contribution in [0.4, 0.5) is 0 Å². The summed E-state index contributed by atoms with van der Waals surface area (Å²) in [6.45, 7) is 5.22. The fourth-order valence-corrected chi connectivity index (χ4v) is 3.09. The highest BCUT2D eigenvalue weighted by Gasteiger charge is 2.15. The molecule has 0 spiro atoms. The topological polar surface area (TPSA) is 12.0 Å². The van der Waals surface area contributed by atoms with Crippen LogP contribution in [-0.2, 0) is 12.8 Å². The van der Waals surface area contributed by atoms with Crippen molar-refractivity contribution in [3.8, 4) is 0 Å². The monoisotopic (exact) mass is 365 g/mol. The quantitative estimate of drug-likeness (QED) is 0.706. The Balaban J connectivity index is 2.23. The fraction of sp³-hybridized carbons (Fsp3) is 0.333. The fourth-order valence-electron chi connectivity index (χ4n) is 2.47. The summed E-state index contributed by atoms with van der Waals surface area (Å²) < 4.78 is 1.06. The van der Waals surface area contributed by atoms with Crippen molar-refractivity contribution in [1.29, 1.82) is 0 Å². The van der Waals surface area contributed by atoms with Crippen LogP contribution < -0.4 is 5.32 Å². The number of hydrogen-bond donors (Lipinski definition) is 1. The summed E-state index contributed by atoms with van der Waals surface area (Å²) >= 11 is 9.91. The van der Waals surface area contributed by atoms with Crippen molar-refractivity contribution in [3.05, 3.63) is 68.7 Å². The van der Waals surface area contributed by atoms with Gasteiger partial charge in [0, 0.05) is 15.5 Å². The molecule has 0 amide bonds. The second kappa shape index (κ2) is 7.98. The second-order valence-electron chi connectivity index (χ2n) is 5.15. The zero-order valence-corrected chi connectivity index (χ0v) is 14.8. The van der Waals surface area contributed by atoms with Gasteiger partial charge in [0.05, 0.1) is 0 Å². The Bertz CT molecular complexity index is 580. The number of benzene rings is 2. The molecule has 0 heterocycles. The van der Waals surface area contributed by atoms with Gasteiger partial charge >= 0.3 is 0 Å². The molecule has 1 unspecified atom stereocenters. The molecular formula is C18H21BrClN.